The Hall–Kier alpha value is -1.36. The van der Waals surface area contributed by atoms with Gasteiger partial charge in [-0.25, -0.2) is 8.42 Å². The summed E-state index contributed by atoms with van der Waals surface area (Å²) >= 11 is 0. The van der Waals surface area contributed by atoms with E-state index in [9.17, 15) is 8.42 Å². The number of terminal acetylenes is 1. The maximum absolute atomic E-state index is 12.4. The number of nitrogens with one attached hydrogen (secondary N) is 1. The van der Waals surface area contributed by atoms with E-state index < -0.39 is 16.6 Å². The highest BCUT2D eigenvalue weighted by Gasteiger charge is 2.29. The van der Waals surface area contributed by atoms with Crippen molar-refractivity contribution in [3.05, 3.63) is 11.4 Å². The molecule has 0 saturated carbocycles. The predicted molar refractivity (Wildman–Crippen MR) is 67.1 cm³/mol. The Labute approximate surface area is 107 Å². The van der Waals surface area contributed by atoms with Gasteiger partial charge in [0.1, 0.15) is 10.6 Å². The third kappa shape index (κ3) is 2.72. The molecule has 1 heterocycles. The second-order valence-electron chi connectivity index (χ2n) is 3.83. The molecule has 0 unspecified atom stereocenters. The van der Waals surface area contributed by atoms with Crippen molar-refractivity contribution in [3.63, 3.8) is 0 Å². The van der Waals surface area contributed by atoms with Crippen molar-refractivity contribution < 1.29 is 13.5 Å². The first kappa shape index (κ1) is 14.7. The molecule has 100 valence electrons. The van der Waals surface area contributed by atoms with E-state index in [1.54, 1.807) is 6.92 Å². The van der Waals surface area contributed by atoms with Gasteiger partial charge in [0, 0.05) is 6.54 Å². The summed E-state index contributed by atoms with van der Waals surface area (Å²) in [5.41, 5.74) is 0.516. The van der Waals surface area contributed by atoms with Gasteiger partial charge >= 0.3 is 0 Å². The molecular weight excluding hydrogens is 254 g/mol. The first-order valence-electron chi connectivity index (χ1n) is 5.57. The molecule has 0 radical (unpaired) electrons. The third-order valence-electron chi connectivity index (χ3n) is 2.45. The van der Waals surface area contributed by atoms with Crippen LogP contribution >= 0.6 is 0 Å². The number of rotatable bonds is 6. The first-order chi connectivity index (χ1) is 8.48. The monoisotopic (exact) mass is 271 g/mol. The molecule has 0 fully saturated rings. The van der Waals surface area contributed by atoms with Gasteiger partial charge in [-0.05, 0) is 13.3 Å². The van der Waals surface area contributed by atoms with Gasteiger partial charge in [-0.3, -0.25) is 5.10 Å². The normalized spacial score (nSPS) is 11.7. The lowest BCUT2D eigenvalue weighted by Crippen LogP contribution is -2.33. The SMILES string of the molecule is C#CCN(CCC)S(=O)(=O)c1c(CO)n[nH]c1C. The van der Waals surface area contributed by atoms with E-state index in [1.165, 1.54) is 4.31 Å². The van der Waals surface area contributed by atoms with Crippen LogP contribution in [0.4, 0.5) is 0 Å². The molecule has 0 amide bonds. The fourth-order valence-electron chi connectivity index (χ4n) is 1.68. The van der Waals surface area contributed by atoms with Crippen LogP contribution in [0.1, 0.15) is 24.7 Å². The molecule has 0 aromatic carbocycles. The minimum Gasteiger partial charge on any atom is -0.390 e. The molecule has 0 aliphatic carbocycles. The molecule has 1 aromatic heterocycles. The second kappa shape index (κ2) is 6.00. The first-order valence-corrected chi connectivity index (χ1v) is 7.01. The Kier molecular flexibility index (Phi) is 4.90. The van der Waals surface area contributed by atoms with Gasteiger partial charge in [0.25, 0.3) is 0 Å². The summed E-state index contributed by atoms with van der Waals surface area (Å²) in [6.45, 7) is 3.37. The largest absolute Gasteiger partial charge is 0.390 e. The summed E-state index contributed by atoms with van der Waals surface area (Å²) < 4.78 is 26.1. The smallest absolute Gasteiger partial charge is 0.247 e. The molecule has 0 bridgehead atoms. The number of nitrogens with zero attached hydrogens (tertiary/aromatic N) is 2. The molecule has 0 aliphatic heterocycles. The molecule has 0 aliphatic rings. The standard InChI is InChI=1S/C11H17N3O3S/c1-4-6-14(7-5-2)18(16,17)11-9(3)12-13-10(11)8-15/h1,15H,5-8H2,2-3H3,(H,12,13). The van der Waals surface area contributed by atoms with E-state index in [1.807, 2.05) is 6.92 Å². The minimum absolute atomic E-state index is 0.00562. The van der Waals surface area contributed by atoms with E-state index in [0.717, 1.165) is 0 Å². The fourth-order valence-corrected chi connectivity index (χ4v) is 3.45. The average Bonchev–Trinajstić information content (AvgIpc) is 2.70. The number of sulfonamides is 1. The van der Waals surface area contributed by atoms with Gasteiger partial charge in [-0.2, -0.15) is 9.40 Å². The van der Waals surface area contributed by atoms with Crippen LogP contribution in [0.25, 0.3) is 0 Å². The number of aliphatic hydroxyl groups is 1. The Morgan fingerprint density at radius 1 is 1.56 bits per heavy atom. The number of aromatic nitrogens is 2. The van der Waals surface area contributed by atoms with E-state index in [4.69, 9.17) is 11.5 Å². The van der Waals surface area contributed by atoms with E-state index in [-0.39, 0.29) is 17.1 Å². The number of aliphatic hydroxyl groups excluding tert-OH is 1. The van der Waals surface area contributed by atoms with Crippen LogP contribution < -0.4 is 0 Å². The second-order valence-corrected chi connectivity index (χ2v) is 5.70. The van der Waals surface area contributed by atoms with Gasteiger partial charge in [-0.1, -0.05) is 12.8 Å². The van der Waals surface area contributed by atoms with Crippen LogP contribution in [0.2, 0.25) is 0 Å². The lowest BCUT2D eigenvalue weighted by molar-refractivity contribution is 0.273. The number of aryl methyl sites for hydroxylation is 1. The molecule has 0 saturated heterocycles. The summed E-state index contributed by atoms with van der Waals surface area (Å²) in [7, 11) is -3.72. The maximum atomic E-state index is 12.4. The predicted octanol–water partition coefficient (Wildman–Crippen LogP) is 0.244. The molecule has 1 rings (SSSR count). The summed E-state index contributed by atoms with van der Waals surface area (Å²) in [6.07, 6.45) is 5.85. The third-order valence-corrected chi connectivity index (χ3v) is 4.50. The topological polar surface area (TPSA) is 86.3 Å². The molecule has 6 nitrogen and oxygen atoms in total. The zero-order valence-corrected chi connectivity index (χ0v) is 11.3. The summed E-state index contributed by atoms with van der Waals surface area (Å²) in [4.78, 5) is 0.0219. The Morgan fingerprint density at radius 3 is 2.72 bits per heavy atom. The van der Waals surface area contributed by atoms with Crippen molar-refractivity contribution in [2.45, 2.75) is 31.8 Å². The van der Waals surface area contributed by atoms with Gasteiger partial charge < -0.3 is 5.11 Å². The Bertz CT molecular complexity index is 542. The van der Waals surface area contributed by atoms with Crippen LogP contribution in [0.5, 0.6) is 0 Å². The molecule has 18 heavy (non-hydrogen) atoms. The van der Waals surface area contributed by atoms with Crippen LogP contribution in [0.15, 0.2) is 4.90 Å². The lowest BCUT2D eigenvalue weighted by atomic mass is 10.4. The Morgan fingerprint density at radius 2 is 2.22 bits per heavy atom. The molecule has 1 aromatic rings. The van der Waals surface area contributed by atoms with Gasteiger partial charge in [0.15, 0.2) is 0 Å². The fraction of sp³-hybridized carbons (Fsp3) is 0.545. The number of hydrogen-bond acceptors (Lipinski definition) is 4. The van der Waals surface area contributed by atoms with Crippen LogP contribution in [0, 0.1) is 19.3 Å². The lowest BCUT2D eigenvalue weighted by Gasteiger charge is -2.19. The molecule has 2 N–H and O–H groups in total. The van der Waals surface area contributed by atoms with E-state index in [2.05, 4.69) is 16.1 Å². The van der Waals surface area contributed by atoms with Crippen LogP contribution in [-0.2, 0) is 16.6 Å². The van der Waals surface area contributed by atoms with Crippen molar-refractivity contribution >= 4 is 10.0 Å². The van der Waals surface area contributed by atoms with Crippen LogP contribution in [0.3, 0.4) is 0 Å². The van der Waals surface area contributed by atoms with Gasteiger partial charge in [-0.15, -0.1) is 6.42 Å². The van der Waals surface area contributed by atoms with Crippen molar-refractivity contribution in [2.75, 3.05) is 13.1 Å². The highest BCUT2D eigenvalue weighted by atomic mass is 32.2. The molecule has 0 spiro atoms. The Balaban J connectivity index is 3.26. The zero-order valence-electron chi connectivity index (χ0n) is 10.5. The minimum atomic E-state index is -3.72. The van der Waals surface area contributed by atoms with Crippen molar-refractivity contribution in [3.8, 4) is 12.3 Å². The highest BCUT2D eigenvalue weighted by molar-refractivity contribution is 7.89. The molecule has 7 heteroatoms. The van der Waals surface area contributed by atoms with E-state index in [0.29, 0.717) is 18.7 Å². The van der Waals surface area contributed by atoms with Crippen molar-refractivity contribution in [1.82, 2.24) is 14.5 Å². The van der Waals surface area contributed by atoms with Crippen LogP contribution in [-0.4, -0.2) is 41.1 Å². The molecule has 0 atom stereocenters. The quantitative estimate of drug-likeness (QED) is 0.726. The summed E-state index contributed by atoms with van der Waals surface area (Å²) in [5.74, 6) is 2.33. The number of hydrogen-bond donors (Lipinski definition) is 2. The summed E-state index contributed by atoms with van der Waals surface area (Å²) in [5, 5.41) is 15.5. The average molecular weight is 271 g/mol. The zero-order chi connectivity index (χ0) is 13.8. The number of H-pyrrole nitrogens is 1. The number of aromatic amines is 1. The molecular formula is C11H17N3O3S. The van der Waals surface area contributed by atoms with E-state index >= 15 is 0 Å². The highest BCUT2D eigenvalue weighted by Crippen LogP contribution is 2.22. The summed E-state index contributed by atoms with van der Waals surface area (Å²) in [6, 6.07) is 0. The maximum Gasteiger partial charge on any atom is 0.247 e. The van der Waals surface area contributed by atoms with Gasteiger partial charge in [0.05, 0.1) is 18.8 Å². The van der Waals surface area contributed by atoms with Crippen molar-refractivity contribution in [2.24, 2.45) is 0 Å². The van der Waals surface area contributed by atoms with Crippen molar-refractivity contribution in [1.29, 1.82) is 0 Å². The van der Waals surface area contributed by atoms with Gasteiger partial charge in [0.2, 0.25) is 10.0 Å².